The van der Waals surface area contributed by atoms with Crippen LogP contribution in [0.15, 0.2) is 29.1 Å². The molecule has 3 N–H and O–H groups in total. The van der Waals surface area contributed by atoms with E-state index in [2.05, 4.69) is 10.9 Å². The van der Waals surface area contributed by atoms with Crippen molar-refractivity contribution in [3.8, 4) is 12.3 Å². The van der Waals surface area contributed by atoms with Crippen LogP contribution >= 0.6 is 0 Å². The first kappa shape index (κ1) is 8.39. The van der Waals surface area contributed by atoms with Gasteiger partial charge in [-0.15, -0.1) is 6.42 Å². The molecule has 3 heteroatoms. The maximum atomic E-state index is 11.1. The number of nitrogen functional groups attached to an aromatic ring is 1. The standard InChI is InChI=1S/C11H8N2O/c1-2-7-4-3-5-9-11(7)8(12)6-10(14)13-9/h1,3-6H,(H3,12,13,14). The van der Waals surface area contributed by atoms with Crippen molar-refractivity contribution in [2.45, 2.75) is 0 Å². The number of rotatable bonds is 0. The van der Waals surface area contributed by atoms with Crippen LogP contribution in [0.1, 0.15) is 5.56 Å². The van der Waals surface area contributed by atoms with E-state index < -0.39 is 0 Å². The second kappa shape index (κ2) is 2.93. The summed E-state index contributed by atoms with van der Waals surface area (Å²) in [5.74, 6) is 2.53. The third-order valence-corrected chi connectivity index (χ3v) is 2.05. The summed E-state index contributed by atoms with van der Waals surface area (Å²) in [6.07, 6.45) is 5.33. The minimum Gasteiger partial charge on any atom is -0.398 e. The lowest BCUT2D eigenvalue weighted by atomic mass is 10.1. The molecule has 68 valence electrons. The fourth-order valence-electron chi connectivity index (χ4n) is 1.47. The number of pyridine rings is 1. The molecule has 0 radical (unpaired) electrons. The van der Waals surface area contributed by atoms with Crippen molar-refractivity contribution in [1.82, 2.24) is 4.98 Å². The Balaban J connectivity index is 3.03. The zero-order chi connectivity index (χ0) is 10.1. The molecule has 0 amide bonds. The summed E-state index contributed by atoms with van der Waals surface area (Å²) in [5.41, 5.74) is 7.28. The number of H-pyrrole nitrogens is 1. The van der Waals surface area contributed by atoms with Crippen LogP contribution in [0.3, 0.4) is 0 Å². The van der Waals surface area contributed by atoms with Crippen molar-refractivity contribution < 1.29 is 0 Å². The summed E-state index contributed by atoms with van der Waals surface area (Å²) in [6, 6.07) is 6.68. The van der Waals surface area contributed by atoms with Gasteiger partial charge < -0.3 is 10.7 Å². The van der Waals surface area contributed by atoms with E-state index in [4.69, 9.17) is 12.2 Å². The number of terminal acetylenes is 1. The van der Waals surface area contributed by atoms with Gasteiger partial charge in [0.25, 0.3) is 0 Å². The van der Waals surface area contributed by atoms with Gasteiger partial charge >= 0.3 is 0 Å². The molecule has 0 atom stereocenters. The van der Waals surface area contributed by atoms with Gasteiger partial charge in [-0.2, -0.15) is 0 Å². The lowest BCUT2D eigenvalue weighted by Gasteiger charge is -2.03. The van der Waals surface area contributed by atoms with E-state index in [0.717, 1.165) is 5.39 Å². The van der Waals surface area contributed by atoms with Crippen molar-refractivity contribution in [3.63, 3.8) is 0 Å². The molecule has 0 saturated carbocycles. The molecule has 0 bridgehead atoms. The van der Waals surface area contributed by atoms with Crippen LogP contribution in [0, 0.1) is 12.3 Å². The average Bonchev–Trinajstić information content (AvgIpc) is 2.16. The van der Waals surface area contributed by atoms with E-state index in [-0.39, 0.29) is 5.56 Å². The van der Waals surface area contributed by atoms with Crippen molar-refractivity contribution in [3.05, 3.63) is 40.2 Å². The van der Waals surface area contributed by atoms with Crippen LogP contribution in [0.25, 0.3) is 10.9 Å². The van der Waals surface area contributed by atoms with E-state index in [1.165, 1.54) is 6.07 Å². The molecule has 1 aromatic heterocycles. The normalized spacial score (nSPS) is 9.93. The van der Waals surface area contributed by atoms with Gasteiger partial charge in [0, 0.05) is 22.7 Å². The van der Waals surface area contributed by atoms with E-state index in [0.29, 0.717) is 16.8 Å². The smallest absolute Gasteiger partial charge is 0.250 e. The molecule has 14 heavy (non-hydrogen) atoms. The van der Waals surface area contributed by atoms with E-state index >= 15 is 0 Å². The highest BCUT2D eigenvalue weighted by atomic mass is 16.1. The maximum absolute atomic E-state index is 11.1. The zero-order valence-electron chi connectivity index (χ0n) is 7.37. The molecule has 3 nitrogen and oxygen atoms in total. The predicted octanol–water partition coefficient (Wildman–Crippen LogP) is 1.09. The largest absolute Gasteiger partial charge is 0.398 e. The van der Waals surface area contributed by atoms with Crippen LogP contribution in [0.2, 0.25) is 0 Å². The number of benzene rings is 1. The van der Waals surface area contributed by atoms with E-state index in [9.17, 15) is 4.79 Å². The van der Waals surface area contributed by atoms with Crippen LogP contribution in [-0.4, -0.2) is 4.98 Å². The van der Waals surface area contributed by atoms with Crippen LogP contribution < -0.4 is 11.3 Å². The lowest BCUT2D eigenvalue weighted by molar-refractivity contribution is 1.31. The summed E-state index contributed by atoms with van der Waals surface area (Å²) in [5, 5.41) is 0.731. The molecule has 0 fully saturated rings. The topological polar surface area (TPSA) is 58.9 Å². The third-order valence-electron chi connectivity index (χ3n) is 2.05. The summed E-state index contributed by atoms with van der Waals surface area (Å²) in [7, 11) is 0. The first-order chi connectivity index (χ1) is 6.72. The second-order valence-electron chi connectivity index (χ2n) is 2.96. The van der Waals surface area contributed by atoms with Crippen LogP contribution in [0.5, 0.6) is 0 Å². The third kappa shape index (κ3) is 1.14. The van der Waals surface area contributed by atoms with Gasteiger partial charge in [-0.3, -0.25) is 4.79 Å². The number of anilines is 1. The molecular formula is C11H8N2O. The zero-order valence-corrected chi connectivity index (χ0v) is 7.37. The molecule has 0 aliphatic carbocycles. The summed E-state index contributed by atoms with van der Waals surface area (Å²) in [4.78, 5) is 13.8. The Bertz CT molecular complexity index is 590. The Morgan fingerprint density at radius 3 is 2.93 bits per heavy atom. The van der Waals surface area contributed by atoms with Gasteiger partial charge in [-0.05, 0) is 12.1 Å². The van der Waals surface area contributed by atoms with Gasteiger partial charge in [0.2, 0.25) is 5.56 Å². The van der Waals surface area contributed by atoms with E-state index in [1.54, 1.807) is 18.2 Å². The minimum absolute atomic E-state index is 0.218. The highest BCUT2D eigenvalue weighted by molar-refractivity contribution is 5.94. The molecule has 2 aromatic rings. The molecule has 1 aromatic carbocycles. The number of nitrogens with one attached hydrogen (secondary N) is 1. The van der Waals surface area contributed by atoms with Gasteiger partial charge in [0.1, 0.15) is 0 Å². The van der Waals surface area contributed by atoms with Gasteiger partial charge in [-0.1, -0.05) is 12.0 Å². The minimum atomic E-state index is -0.218. The van der Waals surface area contributed by atoms with Crippen molar-refractivity contribution in [2.24, 2.45) is 0 Å². The maximum Gasteiger partial charge on any atom is 0.250 e. The van der Waals surface area contributed by atoms with Crippen molar-refractivity contribution >= 4 is 16.6 Å². The first-order valence-electron chi connectivity index (χ1n) is 4.10. The second-order valence-corrected chi connectivity index (χ2v) is 2.96. The molecule has 0 aliphatic rings. The van der Waals surface area contributed by atoms with Gasteiger partial charge in [-0.25, -0.2) is 0 Å². The predicted molar refractivity (Wildman–Crippen MR) is 56.9 cm³/mol. The Hall–Kier alpha value is -2.21. The number of fused-ring (bicyclic) bond motifs is 1. The van der Waals surface area contributed by atoms with Gasteiger partial charge in [0.15, 0.2) is 0 Å². The Labute approximate surface area is 80.6 Å². The summed E-state index contributed by atoms with van der Waals surface area (Å²) in [6.45, 7) is 0. The SMILES string of the molecule is C#Cc1cccc2[nH]c(=O)cc(N)c12. The van der Waals surface area contributed by atoms with Crippen LogP contribution in [0.4, 0.5) is 5.69 Å². The van der Waals surface area contributed by atoms with E-state index in [1.807, 2.05) is 0 Å². The molecule has 2 rings (SSSR count). The number of hydrogen-bond donors (Lipinski definition) is 2. The number of hydrogen-bond acceptors (Lipinski definition) is 2. The summed E-state index contributed by atoms with van der Waals surface area (Å²) < 4.78 is 0. The number of aromatic amines is 1. The Morgan fingerprint density at radius 1 is 1.43 bits per heavy atom. The molecule has 0 spiro atoms. The quantitative estimate of drug-likeness (QED) is 0.602. The number of nitrogens with two attached hydrogens (primary N) is 1. The highest BCUT2D eigenvalue weighted by Crippen LogP contribution is 2.20. The van der Waals surface area contributed by atoms with Gasteiger partial charge in [0.05, 0.1) is 5.52 Å². The fraction of sp³-hybridized carbons (Fsp3) is 0. The molecular weight excluding hydrogens is 176 g/mol. The van der Waals surface area contributed by atoms with Crippen molar-refractivity contribution in [1.29, 1.82) is 0 Å². The molecule has 0 unspecified atom stereocenters. The summed E-state index contributed by atoms with van der Waals surface area (Å²) >= 11 is 0. The highest BCUT2D eigenvalue weighted by Gasteiger charge is 2.03. The van der Waals surface area contributed by atoms with Crippen LogP contribution in [-0.2, 0) is 0 Å². The number of aromatic nitrogens is 1. The average molecular weight is 184 g/mol. The fourth-order valence-corrected chi connectivity index (χ4v) is 1.47. The first-order valence-corrected chi connectivity index (χ1v) is 4.10. The molecule has 1 heterocycles. The monoisotopic (exact) mass is 184 g/mol. The Kier molecular flexibility index (Phi) is 1.76. The van der Waals surface area contributed by atoms with Crippen molar-refractivity contribution in [2.75, 3.05) is 5.73 Å². The molecule has 0 saturated heterocycles. The Morgan fingerprint density at radius 2 is 2.21 bits per heavy atom. The molecule has 0 aliphatic heterocycles. The lowest BCUT2D eigenvalue weighted by Crippen LogP contribution is -2.06.